The molecule has 1 N–H and O–H groups in total. The van der Waals surface area contributed by atoms with Crippen molar-refractivity contribution in [2.24, 2.45) is 0 Å². The summed E-state index contributed by atoms with van der Waals surface area (Å²) in [5.74, 6) is 0.149. The highest BCUT2D eigenvalue weighted by Crippen LogP contribution is 2.18. The van der Waals surface area contributed by atoms with Gasteiger partial charge in [-0.1, -0.05) is 44.7 Å². The Balaban J connectivity index is 2.33. The molecule has 0 bridgehead atoms. The molecule has 88 valence electrons. The predicted molar refractivity (Wildman–Crippen MR) is 65.8 cm³/mol. The van der Waals surface area contributed by atoms with Crippen LogP contribution in [0.5, 0.6) is 5.75 Å². The minimum absolute atomic E-state index is 0.0506. The molecule has 0 aromatic heterocycles. The maximum atomic E-state index is 11.7. The number of carbonyl (C=O) groups is 1. The van der Waals surface area contributed by atoms with E-state index in [1.807, 2.05) is 0 Å². The first-order valence-electron chi connectivity index (χ1n) is 6.07. The van der Waals surface area contributed by atoms with Crippen molar-refractivity contribution in [2.45, 2.75) is 45.4 Å². The van der Waals surface area contributed by atoms with Gasteiger partial charge in [-0.2, -0.15) is 0 Å². The molecule has 0 fully saturated rings. The number of para-hydroxylation sites is 1. The second-order valence-corrected chi connectivity index (χ2v) is 4.10. The molecule has 1 aromatic rings. The van der Waals surface area contributed by atoms with Crippen molar-refractivity contribution in [3.8, 4) is 5.75 Å². The fraction of sp³-hybridized carbons (Fsp3) is 0.500. The van der Waals surface area contributed by atoms with Crippen molar-refractivity contribution < 1.29 is 9.90 Å². The summed E-state index contributed by atoms with van der Waals surface area (Å²) in [4.78, 5) is 11.7. The average molecular weight is 220 g/mol. The Morgan fingerprint density at radius 3 is 2.50 bits per heavy atom. The lowest BCUT2D eigenvalue weighted by atomic mass is 10.0. The number of benzene rings is 1. The van der Waals surface area contributed by atoms with Crippen molar-refractivity contribution in [3.63, 3.8) is 0 Å². The smallest absolute Gasteiger partial charge is 0.166 e. The zero-order chi connectivity index (χ0) is 11.8. The lowest BCUT2D eigenvalue weighted by Gasteiger charge is -2.03. The molecule has 0 aliphatic heterocycles. The van der Waals surface area contributed by atoms with Crippen LogP contribution in [0.4, 0.5) is 0 Å². The molecule has 0 heterocycles. The van der Waals surface area contributed by atoms with Crippen LogP contribution in [0.25, 0.3) is 0 Å². The maximum absolute atomic E-state index is 11.7. The van der Waals surface area contributed by atoms with Gasteiger partial charge in [0.1, 0.15) is 5.75 Å². The van der Waals surface area contributed by atoms with Crippen molar-refractivity contribution in [1.29, 1.82) is 0 Å². The van der Waals surface area contributed by atoms with E-state index in [1.54, 1.807) is 24.3 Å². The van der Waals surface area contributed by atoms with Crippen LogP contribution in [0.2, 0.25) is 0 Å². The summed E-state index contributed by atoms with van der Waals surface area (Å²) in [5.41, 5.74) is 0.456. The van der Waals surface area contributed by atoms with Crippen LogP contribution in [0.1, 0.15) is 55.8 Å². The summed E-state index contributed by atoms with van der Waals surface area (Å²) in [6.45, 7) is 2.17. The second kappa shape index (κ2) is 7.04. The lowest BCUT2D eigenvalue weighted by molar-refractivity contribution is 0.0976. The molecule has 0 atom stereocenters. The van der Waals surface area contributed by atoms with Crippen LogP contribution in [0.3, 0.4) is 0 Å². The van der Waals surface area contributed by atoms with Gasteiger partial charge in [0.15, 0.2) is 5.78 Å². The van der Waals surface area contributed by atoms with Gasteiger partial charge in [-0.25, -0.2) is 0 Å². The quantitative estimate of drug-likeness (QED) is 0.558. The predicted octanol–water partition coefficient (Wildman–Crippen LogP) is 3.94. The number of aromatic hydroxyl groups is 1. The van der Waals surface area contributed by atoms with Gasteiger partial charge in [0.25, 0.3) is 0 Å². The number of Topliss-reactive ketones (excluding diaryl/α,β-unsaturated/α-hetero) is 1. The van der Waals surface area contributed by atoms with E-state index >= 15 is 0 Å². The Hall–Kier alpha value is -1.31. The molecule has 0 spiro atoms. The Bertz CT molecular complexity index is 331. The van der Waals surface area contributed by atoms with E-state index in [1.165, 1.54) is 19.3 Å². The van der Waals surface area contributed by atoms with Crippen molar-refractivity contribution in [1.82, 2.24) is 0 Å². The monoisotopic (exact) mass is 220 g/mol. The number of unbranched alkanes of at least 4 members (excludes halogenated alkanes) is 4. The molecule has 0 amide bonds. The van der Waals surface area contributed by atoms with Gasteiger partial charge in [0.05, 0.1) is 5.56 Å². The minimum atomic E-state index is 0.0506. The first-order chi connectivity index (χ1) is 7.75. The van der Waals surface area contributed by atoms with Gasteiger partial charge in [-0.3, -0.25) is 4.79 Å². The number of phenols is 1. The molecule has 0 radical (unpaired) electrons. The average Bonchev–Trinajstić information content (AvgIpc) is 2.29. The number of carbonyl (C=O) groups excluding carboxylic acids is 1. The van der Waals surface area contributed by atoms with E-state index in [0.29, 0.717) is 12.0 Å². The van der Waals surface area contributed by atoms with Gasteiger partial charge in [-0.05, 0) is 18.6 Å². The topological polar surface area (TPSA) is 37.3 Å². The number of rotatable bonds is 7. The molecule has 0 unspecified atom stereocenters. The second-order valence-electron chi connectivity index (χ2n) is 4.10. The van der Waals surface area contributed by atoms with Crippen molar-refractivity contribution in [3.05, 3.63) is 29.8 Å². The molecule has 0 aliphatic rings. The largest absolute Gasteiger partial charge is 0.507 e. The molecule has 2 nitrogen and oxygen atoms in total. The number of ketones is 1. The highest BCUT2D eigenvalue weighted by molar-refractivity contribution is 5.98. The fourth-order valence-electron chi connectivity index (χ4n) is 1.73. The van der Waals surface area contributed by atoms with Crippen molar-refractivity contribution in [2.75, 3.05) is 0 Å². The van der Waals surface area contributed by atoms with Gasteiger partial charge in [-0.15, -0.1) is 0 Å². The Morgan fingerprint density at radius 2 is 1.81 bits per heavy atom. The molecule has 0 saturated carbocycles. The van der Waals surface area contributed by atoms with Crippen molar-refractivity contribution >= 4 is 5.78 Å². The Kier molecular flexibility index (Phi) is 5.62. The zero-order valence-electron chi connectivity index (χ0n) is 9.91. The molecular weight excluding hydrogens is 200 g/mol. The van der Waals surface area contributed by atoms with Crippen LogP contribution in [0, 0.1) is 0 Å². The lowest BCUT2D eigenvalue weighted by Crippen LogP contribution is -1.99. The number of hydrogen-bond acceptors (Lipinski definition) is 2. The van der Waals surface area contributed by atoms with Crippen LogP contribution >= 0.6 is 0 Å². The SMILES string of the molecule is CCCCCCCC(=O)c1ccccc1O. The third-order valence-corrected chi connectivity index (χ3v) is 2.71. The summed E-state index contributed by atoms with van der Waals surface area (Å²) >= 11 is 0. The fourth-order valence-corrected chi connectivity index (χ4v) is 1.73. The molecule has 1 rings (SSSR count). The molecule has 16 heavy (non-hydrogen) atoms. The van der Waals surface area contributed by atoms with E-state index in [9.17, 15) is 9.90 Å². The Labute approximate surface area is 97.3 Å². The summed E-state index contributed by atoms with van der Waals surface area (Å²) < 4.78 is 0. The van der Waals surface area contributed by atoms with Crippen LogP contribution < -0.4 is 0 Å². The zero-order valence-corrected chi connectivity index (χ0v) is 9.91. The minimum Gasteiger partial charge on any atom is -0.507 e. The first-order valence-corrected chi connectivity index (χ1v) is 6.07. The molecule has 0 aliphatic carbocycles. The molecule has 0 saturated heterocycles. The Morgan fingerprint density at radius 1 is 1.12 bits per heavy atom. The van der Waals surface area contributed by atoms with E-state index < -0.39 is 0 Å². The highest BCUT2D eigenvalue weighted by Gasteiger charge is 2.09. The third kappa shape index (κ3) is 4.05. The van der Waals surface area contributed by atoms with E-state index in [4.69, 9.17) is 0 Å². The van der Waals surface area contributed by atoms with Gasteiger partial charge < -0.3 is 5.11 Å². The van der Waals surface area contributed by atoms with Gasteiger partial charge in [0, 0.05) is 6.42 Å². The molecule has 2 heteroatoms. The number of hydrogen-bond donors (Lipinski definition) is 1. The highest BCUT2D eigenvalue weighted by atomic mass is 16.3. The third-order valence-electron chi connectivity index (χ3n) is 2.71. The van der Waals surface area contributed by atoms with E-state index in [0.717, 1.165) is 12.8 Å². The van der Waals surface area contributed by atoms with Gasteiger partial charge >= 0.3 is 0 Å². The molecular formula is C14H20O2. The molecule has 1 aromatic carbocycles. The first kappa shape index (κ1) is 12.8. The van der Waals surface area contributed by atoms with Crippen LogP contribution in [-0.2, 0) is 0 Å². The van der Waals surface area contributed by atoms with E-state index in [2.05, 4.69) is 6.92 Å². The summed E-state index contributed by atoms with van der Waals surface area (Å²) in [6, 6.07) is 6.76. The number of phenolic OH excluding ortho intramolecular Hbond substituents is 1. The maximum Gasteiger partial charge on any atom is 0.166 e. The van der Waals surface area contributed by atoms with Crippen LogP contribution in [-0.4, -0.2) is 10.9 Å². The summed E-state index contributed by atoms with van der Waals surface area (Å²) in [7, 11) is 0. The summed E-state index contributed by atoms with van der Waals surface area (Å²) in [6.07, 6.45) is 6.23. The van der Waals surface area contributed by atoms with E-state index in [-0.39, 0.29) is 11.5 Å². The van der Waals surface area contributed by atoms with Crippen LogP contribution in [0.15, 0.2) is 24.3 Å². The normalized spacial score (nSPS) is 10.3. The summed E-state index contributed by atoms with van der Waals surface area (Å²) in [5, 5.41) is 9.50. The standard InChI is InChI=1S/C14H20O2/c1-2-3-4-5-6-10-13(15)12-9-7-8-11-14(12)16/h7-9,11,16H,2-6,10H2,1H3. The van der Waals surface area contributed by atoms with Gasteiger partial charge in [0.2, 0.25) is 0 Å².